The maximum atomic E-state index is 12.9. The number of aryl methyl sites for hydroxylation is 1. The number of nitrogens with zero attached hydrogens (tertiary/aromatic N) is 1. The lowest BCUT2D eigenvalue weighted by molar-refractivity contribution is -0.133. The van der Waals surface area contributed by atoms with Crippen LogP contribution in [0, 0.1) is 12.8 Å². The fourth-order valence-electron chi connectivity index (χ4n) is 3.83. The van der Waals surface area contributed by atoms with Crippen molar-refractivity contribution in [1.29, 1.82) is 0 Å². The predicted octanol–water partition coefficient (Wildman–Crippen LogP) is 2.91. The molecule has 0 aromatic heterocycles. The lowest BCUT2D eigenvalue weighted by Crippen LogP contribution is -2.41. The van der Waals surface area contributed by atoms with E-state index in [0.29, 0.717) is 25.3 Å². The highest BCUT2D eigenvalue weighted by atomic mass is 32.2. The van der Waals surface area contributed by atoms with Crippen molar-refractivity contribution >= 4 is 15.7 Å². The van der Waals surface area contributed by atoms with Crippen molar-refractivity contribution in [3.8, 4) is 0 Å². The van der Waals surface area contributed by atoms with E-state index >= 15 is 0 Å². The second kappa shape index (κ2) is 6.87. The van der Waals surface area contributed by atoms with Gasteiger partial charge in [0.25, 0.3) is 0 Å². The highest BCUT2D eigenvalue weighted by molar-refractivity contribution is 7.91. The molecule has 1 saturated heterocycles. The summed E-state index contributed by atoms with van der Waals surface area (Å²) in [5.74, 6) is 1.32. The van der Waals surface area contributed by atoms with Gasteiger partial charge < -0.3 is 4.90 Å². The van der Waals surface area contributed by atoms with Crippen molar-refractivity contribution < 1.29 is 13.2 Å². The van der Waals surface area contributed by atoms with E-state index in [1.807, 2.05) is 6.92 Å². The summed E-state index contributed by atoms with van der Waals surface area (Å²) >= 11 is 0. The lowest BCUT2D eigenvalue weighted by Gasteiger charge is -2.29. The van der Waals surface area contributed by atoms with E-state index in [0.717, 1.165) is 0 Å². The molecule has 1 amide bonds. The van der Waals surface area contributed by atoms with Crippen LogP contribution in [0.2, 0.25) is 0 Å². The molecule has 1 aliphatic heterocycles. The van der Waals surface area contributed by atoms with E-state index in [9.17, 15) is 13.2 Å². The summed E-state index contributed by atoms with van der Waals surface area (Å²) < 4.78 is 23.5. The molecule has 24 heavy (non-hydrogen) atoms. The van der Waals surface area contributed by atoms with Crippen LogP contribution < -0.4 is 0 Å². The summed E-state index contributed by atoms with van der Waals surface area (Å²) in [5.41, 5.74) is 2.47. The van der Waals surface area contributed by atoms with Crippen LogP contribution >= 0.6 is 0 Å². The second-order valence-electron chi connectivity index (χ2n) is 7.30. The molecular formula is C19H27NO3S. The van der Waals surface area contributed by atoms with E-state index < -0.39 is 9.84 Å². The van der Waals surface area contributed by atoms with Crippen LogP contribution in [0.25, 0.3) is 0 Å². The van der Waals surface area contributed by atoms with Crippen LogP contribution in [0.15, 0.2) is 24.3 Å². The van der Waals surface area contributed by atoms with Crippen molar-refractivity contribution in [3.05, 3.63) is 35.4 Å². The first-order valence-electron chi connectivity index (χ1n) is 8.96. The summed E-state index contributed by atoms with van der Waals surface area (Å²) in [7, 11) is -2.97. The molecule has 2 fully saturated rings. The maximum absolute atomic E-state index is 12.9. The molecule has 4 nitrogen and oxygen atoms in total. The van der Waals surface area contributed by atoms with Crippen LogP contribution in [0.3, 0.4) is 0 Å². The summed E-state index contributed by atoms with van der Waals surface area (Å²) in [6.07, 6.45) is 3.46. The Labute approximate surface area is 145 Å². The van der Waals surface area contributed by atoms with Gasteiger partial charge >= 0.3 is 0 Å². The van der Waals surface area contributed by atoms with Crippen molar-refractivity contribution in [1.82, 2.24) is 4.90 Å². The minimum absolute atomic E-state index is 0.108. The van der Waals surface area contributed by atoms with Crippen molar-refractivity contribution in [3.63, 3.8) is 0 Å². The zero-order chi connectivity index (χ0) is 17.3. The third-order valence-electron chi connectivity index (χ3n) is 5.40. The van der Waals surface area contributed by atoms with E-state index in [1.165, 1.54) is 24.0 Å². The van der Waals surface area contributed by atoms with Gasteiger partial charge in [-0.2, -0.15) is 0 Å². The summed E-state index contributed by atoms with van der Waals surface area (Å²) in [4.78, 5) is 14.7. The standard InChI is InChI=1S/C19H27NO3S/c1-3-20(17-10-11-24(22,23)13-17)19(21)12-18(16-8-9-16)15-6-4-14(2)5-7-15/h4-7,16-18H,3,8-13H2,1-2H3. The normalized spacial score (nSPS) is 23.8. The monoisotopic (exact) mass is 349 g/mol. The van der Waals surface area contributed by atoms with Gasteiger partial charge in [-0.05, 0) is 50.5 Å². The Morgan fingerprint density at radius 3 is 2.38 bits per heavy atom. The highest BCUT2D eigenvalue weighted by Crippen LogP contribution is 2.45. The van der Waals surface area contributed by atoms with Crippen LogP contribution in [-0.4, -0.2) is 43.3 Å². The minimum Gasteiger partial charge on any atom is -0.339 e. The molecule has 1 saturated carbocycles. The average molecular weight is 349 g/mol. The molecule has 1 heterocycles. The van der Waals surface area contributed by atoms with Gasteiger partial charge in [-0.3, -0.25) is 4.79 Å². The molecule has 2 aliphatic rings. The van der Waals surface area contributed by atoms with Crippen molar-refractivity contribution in [2.45, 2.75) is 51.5 Å². The molecule has 132 valence electrons. The second-order valence-corrected chi connectivity index (χ2v) is 9.52. The predicted molar refractivity (Wildman–Crippen MR) is 95.7 cm³/mol. The van der Waals surface area contributed by atoms with Crippen molar-refractivity contribution in [2.75, 3.05) is 18.1 Å². The molecule has 5 heteroatoms. The van der Waals surface area contributed by atoms with Crippen molar-refractivity contribution in [2.24, 2.45) is 5.92 Å². The number of sulfone groups is 1. The molecule has 1 aromatic carbocycles. The molecule has 1 aliphatic carbocycles. The Morgan fingerprint density at radius 2 is 1.88 bits per heavy atom. The molecule has 1 aromatic rings. The first-order valence-corrected chi connectivity index (χ1v) is 10.8. The quantitative estimate of drug-likeness (QED) is 0.793. The number of amides is 1. The number of hydrogen-bond acceptors (Lipinski definition) is 3. The lowest BCUT2D eigenvalue weighted by atomic mass is 9.89. The SMILES string of the molecule is CCN(C(=O)CC(c1ccc(C)cc1)C1CC1)C1CCS(=O)(=O)C1. The third-order valence-corrected chi connectivity index (χ3v) is 7.15. The Balaban J connectivity index is 1.72. The first kappa shape index (κ1) is 17.5. The van der Waals surface area contributed by atoms with Gasteiger partial charge in [0.2, 0.25) is 5.91 Å². The van der Waals surface area contributed by atoms with Gasteiger partial charge in [-0.15, -0.1) is 0 Å². The Kier molecular flexibility index (Phi) is 5.00. The Morgan fingerprint density at radius 1 is 1.21 bits per heavy atom. The van der Waals surface area contributed by atoms with Gasteiger partial charge in [0.05, 0.1) is 11.5 Å². The van der Waals surface area contributed by atoms with Gasteiger partial charge in [-0.25, -0.2) is 8.42 Å². The van der Waals surface area contributed by atoms with E-state index in [1.54, 1.807) is 4.90 Å². The number of carbonyl (C=O) groups excluding carboxylic acids is 1. The molecule has 0 N–H and O–H groups in total. The smallest absolute Gasteiger partial charge is 0.223 e. The van der Waals surface area contributed by atoms with Crippen LogP contribution in [0.1, 0.15) is 49.7 Å². The first-order chi connectivity index (χ1) is 11.4. The molecule has 0 radical (unpaired) electrons. The zero-order valence-corrected chi connectivity index (χ0v) is 15.4. The maximum Gasteiger partial charge on any atom is 0.223 e. The fourth-order valence-corrected chi connectivity index (χ4v) is 5.56. The summed E-state index contributed by atoms with van der Waals surface area (Å²) in [6, 6.07) is 8.36. The summed E-state index contributed by atoms with van der Waals surface area (Å²) in [5, 5.41) is 0. The highest BCUT2D eigenvalue weighted by Gasteiger charge is 2.38. The number of carbonyl (C=O) groups is 1. The zero-order valence-electron chi connectivity index (χ0n) is 14.6. The number of benzene rings is 1. The molecule has 3 rings (SSSR count). The van der Waals surface area contributed by atoms with Gasteiger partial charge in [0.1, 0.15) is 0 Å². The number of hydrogen-bond donors (Lipinski definition) is 0. The third kappa shape index (κ3) is 4.00. The fraction of sp³-hybridized carbons (Fsp3) is 0.632. The van der Waals surface area contributed by atoms with Gasteiger partial charge in [0.15, 0.2) is 9.84 Å². The summed E-state index contributed by atoms with van der Waals surface area (Å²) in [6.45, 7) is 4.60. The average Bonchev–Trinajstić information content (AvgIpc) is 3.31. The molecule has 0 spiro atoms. The van der Waals surface area contributed by atoms with E-state index in [-0.39, 0.29) is 29.4 Å². The topological polar surface area (TPSA) is 54.5 Å². The van der Waals surface area contributed by atoms with Gasteiger partial charge in [0, 0.05) is 19.0 Å². The van der Waals surface area contributed by atoms with Crippen LogP contribution in [-0.2, 0) is 14.6 Å². The molecule has 2 atom stereocenters. The largest absolute Gasteiger partial charge is 0.339 e. The van der Waals surface area contributed by atoms with E-state index in [2.05, 4.69) is 31.2 Å². The van der Waals surface area contributed by atoms with E-state index in [4.69, 9.17) is 0 Å². The van der Waals surface area contributed by atoms with Crippen LogP contribution in [0.4, 0.5) is 0 Å². The van der Waals surface area contributed by atoms with Crippen LogP contribution in [0.5, 0.6) is 0 Å². The molecular weight excluding hydrogens is 322 g/mol. The minimum atomic E-state index is -2.97. The van der Waals surface area contributed by atoms with Gasteiger partial charge in [-0.1, -0.05) is 29.8 Å². The molecule has 2 unspecified atom stereocenters. The Bertz CT molecular complexity index is 692. The molecule has 0 bridgehead atoms. The Hall–Kier alpha value is -1.36. The number of rotatable bonds is 6.